The van der Waals surface area contributed by atoms with Crippen LogP contribution in [0.4, 0.5) is 5.69 Å². The summed E-state index contributed by atoms with van der Waals surface area (Å²) in [5, 5.41) is 2.65. The lowest BCUT2D eigenvalue weighted by atomic mass is 9.87. The molecule has 0 fully saturated rings. The van der Waals surface area contributed by atoms with Gasteiger partial charge in [0.1, 0.15) is 0 Å². The Labute approximate surface area is 155 Å². The first-order chi connectivity index (χ1) is 12.1. The highest BCUT2D eigenvalue weighted by atomic mass is 32.2. The van der Waals surface area contributed by atoms with Crippen molar-refractivity contribution in [3.8, 4) is 0 Å². The first-order valence-electron chi connectivity index (χ1n) is 8.26. The van der Waals surface area contributed by atoms with Gasteiger partial charge in [-0.05, 0) is 35.2 Å². The van der Waals surface area contributed by atoms with E-state index in [-0.39, 0.29) is 27.5 Å². The number of amides is 1. The zero-order chi connectivity index (χ0) is 19.4. The van der Waals surface area contributed by atoms with Crippen molar-refractivity contribution in [2.24, 2.45) is 0 Å². The molecule has 2 rings (SSSR count). The Kier molecular flexibility index (Phi) is 5.87. The Hall–Kier alpha value is -2.60. The number of hydrogen-bond acceptors (Lipinski definition) is 3. The fourth-order valence-corrected chi connectivity index (χ4v) is 3.45. The zero-order valence-corrected chi connectivity index (χ0v) is 16.1. The van der Waals surface area contributed by atoms with Gasteiger partial charge >= 0.3 is 0 Å². The zero-order valence-electron chi connectivity index (χ0n) is 15.2. The molecule has 1 amide bonds. The normalized spacial score (nSPS) is 11.7. The molecule has 26 heavy (non-hydrogen) atoms. The predicted octanol–water partition coefficient (Wildman–Crippen LogP) is 3.70. The summed E-state index contributed by atoms with van der Waals surface area (Å²) in [6, 6.07) is 13.2. The van der Waals surface area contributed by atoms with E-state index >= 15 is 0 Å². The van der Waals surface area contributed by atoms with Gasteiger partial charge in [0.05, 0.1) is 16.1 Å². The van der Waals surface area contributed by atoms with Gasteiger partial charge in [-0.25, -0.2) is 8.42 Å². The molecule has 0 heterocycles. The van der Waals surface area contributed by atoms with E-state index in [4.69, 9.17) is 0 Å². The predicted molar refractivity (Wildman–Crippen MR) is 105 cm³/mol. The smallest absolute Gasteiger partial charge is 0.261 e. The highest BCUT2D eigenvalue weighted by Gasteiger charge is 2.20. The summed E-state index contributed by atoms with van der Waals surface area (Å²) in [5.41, 5.74) is 1.46. The van der Waals surface area contributed by atoms with E-state index in [9.17, 15) is 13.2 Å². The molecule has 0 saturated heterocycles. The number of benzene rings is 2. The van der Waals surface area contributed by atoms with Gasteiger partial charge in [0.25, 0.3) is 15.9 Å². The van der Waals surface area contributed by atoms with Crippen LogP contribution in [0.25, 0.3) is 0 Å². The Morgan fingerprint density at radius 3 is 2.27 bits per heavy atom. The first kappa shape index (κ1) is 19.7. The molecule has 0 atom stereocenters. The van der Waals surface area contributed by atoms with Crippen LogP contribution in [0.3, 0.4) is 0 Å². The van der Waals surface area contributed by atoms with E-state index in [0.29, 0.717) is 6.54 Å². The lowest BCUT2D eigenvalue weighted by Crippen LogP contribution is -2.25. The minimum atomic E-state index is -3.80. The van der Waals surface area contributed by atoms with Crippen molar-refractivity contribution < 1.29 is 13.2 Å². The van der Waals surface area contributed by atoms with E-state index in [1.54, 1.807) is 54.6 Å². The SMILES string of the molecule is C=CCNC(=O)c1ccccc1NS(=O)(=O)c1ccc(C(C)(C)C)cc1. The molecule has 0 radical (unpaired) electrons. The van der Waals surface area contributed by atoms with Gasteiger partial charge in [-0.1, -0.05) is 51.1 Å². The second-order valence-electron chi connectivity index (χ2n) is 6.92. The Morgan fingerprint density at radius 1 is 1.08 bits per heavy atom. The standard InChI is InChI=1S/C20H24N2O3S/c1-5-14-21-19(23)17-8-6-7-9-18(17)22-26(24,25)16-12-10-15(11-13-16)20(2,3)4/h5-13,22H,1,14H2,2-4H3,(H,21,23). The van der Waals surface area contributed by atoms with Gasteiger partial charge in [0, 0.05) is 6.54 Å². The van der Waals surface area contributed by atoms with Gasteiger partial charge in [0.15, 0.2) is 0 Å². The molecule has 5 nitrogen and oxygen atoms in total. The topological polar surface area (TPSA) is 75.3 Å². The molecule has 0 bridgehead atoms. The molecule has 2 aromatic rings. The first-order valence-corrected chi connectivity index (χ1v) is 9.75. The molecule has 0 aromatic heterocycles. The molecule has 138 valence electrons. The third kappa shape index (κ3) is 4.73. The monoisotopic (exact) mass is 372 g/mol. The molecular formula is C20H24N2O3S. The molecule has 2 N–H and O–H groups in total. The highest BCUT2D eigenvalue weighted by Crippen LogP contribution is 2.25. The molecule has 0 aliphatic carbocycles. The van der Waals surface area contributed by atoms with Gasteiger partial charge in [0.2, 0.25) is 0 Å². The minimum absolute atomic E-state index is 0.0639. The number of nitrogens with one attached hydrogen (secondary N) is 2. The average Bonchev–Trinajstić information content (AvgIpc) is 2.59. The number of hydrogen-bond donors (Lipinski definition) is 2. The average molecular weight is 372 g/mol. The Morgan fingerprint density at radius 2 is 1.69 bits per heavy atom. The molecule has 0 spiro atoms. The van der Waals surface area contributed by atoms with Crippen molar-refractivity contribution in [3.05, 3.63) is 72.3 Å². The summed E-state index contributed by atoms with van der Waals surface area (Å²) < 4.78 is 27.9. The molecule has 0 unspecified atom stereocenters. The maximum absolute atomic E-state index is 12.7. The third-order valence-corrected chi connectivity index (χ3v) is 5.24. The second-order valence-corrected chi connectivity index (χ2v) is 8.61. The maximum Gasteiger partial charge on any atom is 0.261 e. The summed E-state index contributed by atoms with van der Waals surface area (Å²) in [4.78, 5) is 12.4. The largest absolute Gasteiger partial charge is 0.349 e. The van der Waals surface area contributed by atoms with Crippen LogP contribution in [-0.4, -0.2) is 20.9 Å². The number of rotatable bonds is 6. The van der Waals surface area contributed by atoms with Crippen LogP contribution in [0.5, 0.6) is 0 Å². The summed E-state index contributed by atoms with van der Waals surface area (Å²) in [7, 11) is -3.80. The molecule has 0 saturated carbocycles. The van der Waals surface area contributed by atoms with Crippen molar-refractivity contribution >= 4 is 21.6 Å². The molecule has 0 aliphatic heterocycles. The van der Waals surface area contributed by atoms with Gasteiger partial charge < -0.3 is 5.32 Å². The number of carbonyl (C=O) groups is 1. The van der Waals surface area contributed by atoms with Crippen molar-refractivity contribution in [2.45, 2.75) is 31.1 Å². The van der Waals surface area contributed by atoms with E-state index in [1.807, 2.05) is 0 Å². The number of para-hydroxylation sites is 1. The maximum atomic E-state index is 12.7. The summed E-state index contributed by atoms with van der Waals surface area (Å²) >= 11 is 0. The van der Waals surface area contributed by atoms with E-state index in [2.05, 4.69) is 37.4 Å². The van der Waals surface area contributed by atoms with Crippen LogP contribution >= 0.6 is 0 Å². The van der Waals surface area contributed by atoms with Crippen LogP contribution in [0.15, 0.2) is 66.1 Å². The van der Waals surface area contributed by atoms with Crippen LogP contribution < -0.4 is 10.0 Å². The quantitative estimate of drug-likeness (QED) is 0.759. The van der Waals surface area contributed by atoms with Crippen LogP contribution in [-0.2, 0) is 15.4 Å². The number of sulfonamides is 1. The van der Waals surface area contributed by atoms with E-state index in [0.717, 1.165) is 5.56 Å². The summed E-state index contributed by atoms with van der Waals surface area (Å²) in [5.74, 6) is -0.369. The molecule has 2 aromatic carbocycles. The number of carbonyl (C=O) groups excluding carboxylic acids is 1. The van der Waals surface area contributed by atoms with Crippen molar-refractivity contribution in [1.29, 1.82) is 0 Å². The molecule has 0 aliphatic rings. The van der Waals surface area contributed by atoms with Crippen molar-refractivity contribution in [1.82, 2.24) is 5.32 Å². The fourth-order valence-electron chi connectivity index (χ4n) is 2.37. The van der Waals surface area contributed by atoms with Gasteiger partial charge in [-0.3, -0.25) is 9.52 Å². The minimum Gasteiger partial charge on any atom is -0.349 e. The van der Waals surface area contributed by atoms with Crippen LogP contribution in [0, 0.1) is 0 Å². The van der Waals surface area contributed by atoms with Crippen molar-refractivity contribution in [2.75, 3.05) is 11.3 Å². The summed E-state index contributed by atoms with van der Waals surface area (Å²) in [6.07, 6.45) is 1.56. The van der Waals surface area contributed by atoms with E-state index < -0.39 is 10.0 Å². The van der Waals surface area contributed by atoms with Gasteiger partial charge in [-0.15, -0.1) is 6.58 Å². The molecular weight excluding hydrogens is 348 g/mol. The fraction of sp³-hybridized carbons (Fsp3) is 0.250. The highest BCUT2D eigenvalue weighted by molar-refractivity contribution is 7.92. The Bertz CT molecular complexity index is 895. The second kappa shape index (κ2) is 7.74. The number of anilines is 1. The third-order valence-electron chi connectivity index (χ3n) is 3.85. The lowest BCUT2D eigenvalue weighted by molar-refractivity contribution is 0.0959. The molecule has 6 heteroatoms. The Balaban J connectivity index is 2.30. The summed E-state index contributed by atoms with van der Waals surface area (Å²) in [6.45, 7) is 10.0. The van der Waals surface area contributed by atoms with Gasteiger partial charge in [-0.2, -0.15) is 0 Å². The lowest BCUT2D eigenvalue weighted by Gasteiger charge is -2.19. The van der Waals surface area contributed by atoms with Crippen LogP contribution in [0.2, 0.25) is 0 Å². The van der Waals surface area contributed by atoms with Crippen LogP contribution in [0.1, 0.15) is 36.7 Å². The van der Waals surface area contributed by atoms with Crippen molar-refractivity contribution in [3.63, 3.8) is 0 Å². The van der Waals surface area contributed by atoms with E-state index in [1.165, 1.54) is 0 Å².